The molecule has 3 rings (SSSR count). The minimum Gasteiger partial charge on any atom is -0.486 e. The second-order valence-electron chi connectivity index (χ2n) is 6.24. The predicted octanol–water partition coefficient (Wildman–Crippen LogP) is 2.51. The van der Waals surface area contributed by atoms with E-state index in [2.05, 4.69) is 10.5 Å². The molecule has 1 heterocycles. The number of carbonyl (C=O) groups is 1. The summed E-state index contributed by atoms with van der Waals surface area (Å²) in [6, 6.07) is 18.8. The maximum atomic E-state index is 12.6. The molecule has 3 N–H and O–H groups in total. The molecule has 150 valence electrons. The van der Waals surface area contributed by atoms with E-state index in [1.54, 1.807) is 0 Å². The lowest BCUT2D eigenvalue weighted by Gasteiger charge is -2.16. The third kappa shape index (κ3) is 5.39. The number of nitrogens with zero attached hydrogens (tertiary/aromatic N) is 1. The van der Waals surface area contributed by atoms with Crippen molar-refractivity contribution in [2.75, 3.05) is 0 Å². The summed E-state index contributed by atoms with van der Waals surface area (Å²) in [5.74, 6) is -0.494. The Bertz CT molecular complexity index is 933. The second-order valence-corrected chi connectivity index (χ2v) is 6.24. The lowest BCUT2D eigenvalue weighted by atomic mass is 10.1. The molecule has 0 saturated carbocycles. The molecule has 0 fully saturated rings. The molecule has 0 bridgehead atoms. The standard InChI is InChI=1S/C22H22N2O5/c25-12-18-11-23-20(22(27)24-29-15-17-9-5-2-6-10-17)21(19(18)13-26)28-14-16-7-3-1-4-8-16/h1-11,25-26H,12-15H2,(H,24,27). The van der Waals surface area contributed by atoms with Crippen molar-refractivity contribution in [3.8, 4) is 5.75 Å². The van der Waals surface area contributed by atoms with Gasteiger partial charge in [0, 0.05) is 17.3 Å². The second kappa shape index (κ2) is 10.3. The molecular formula is C22H22N2O5. The Morgan fingerprint density at radius 3 is 2.10 bits per heavy atom. The molecule has 0 spiro atoms. The number of aromatic nitrogens is 1. The quantitative estimate of drug-likeness (QED) is 0.482. The summed E-state index contributed by atoms with van der Waals surface area (Å²) in [5.41, 5.74) is 4.80. The van der Waals surface area contributed by atoms with Crippen molar-refractivity contribution in [2.24, 2.45) is 0 Å². The van der Waals surface area contributed by atoms with E-state index < -0.39 is 12.5 Å². The van der Waals surface area contributed by atoms with E-state index in [0.717, 1.165) is 11.1 Å². The fourth-order valence-electron chi connectivity index (χ4n) is 2.73. The van der Waals surface area contributed by atoms with Gasteiger partial charge in [0.25, 0.3) is 5.91 Å². The van der Waals surface area contributed by atoms with E-state index >= 15 is 0 Å². The van der Waals surface area contributed by atoms with E-state index in [0.29, 0.717) is 11.1 Å². The highest BCUT2D eigenvalue weighted by molar-refractivity contribution is 5.94. The first-order valence-electron chi connectivity index (χ1n) is 9.08. The summed E-state index contributed by atoms with van der Waals surface area (Å²) in [5, 5.41) is 19.3. The van der Waals surface area contributed by atoms with Gasteiger partial charge in [0.15, 0.2) is 11.4 Å². The van der Waals surface area contributed by atoms with Gasteiger partial charge >= 0.3 is 0 Å². The molecule has 3 aromatic rings. The van der Waals surface area contributed by atoms with Crippen molar-refractivity contribution in [3.05, 3.63) is 94.8 Å². The number of benzene rings is 2. The van der Waals surface area contributed by atoms with E-state index in [-0.39, 0.29) is 31.3 Å². The van der Waals surface area contributed by atoms with Gasteiger partial charge in [-0.3, -0.25) is 9.63 Å². The molecular weight excluding hydrogens is 372 g/mol. The highest BCUT2D eigenvalue weighted by Gasteiger charge is 2.21. The number of pyridine rings is 1. The zero-order chi connectivity index (χ0) is 20.5. The number of carbonyl (C=O) groups excluding carboxylic acids is 1. The predicted molar refractivity (Wildman–Crippen MR) is 106 cm³/mol. The molecule has 0 aliphatic rings. The Kier molecular flexibility index (Phi) is 7.29. The van der Waals surface area contributed by atoms with E-state index in [1.165, 1.54) is 6.20 Å². The molecule has 0 aliphatic heterocycles. The largest absolute Gasteiger partial charge is 0.486 e. The lowest BCUT2D eigenvalue weighted by Crippen LogP contribution is -2.26. The fraction of sp³-hybridized carbons (Fsp3) is 0.182. The van der Waals surface area contributed by atoms with Crippen LogP contribution in [0.4, 0.5) is 0 Å². The molecule has 2 aromatic carbocycles. The molecule has 0 aliphatic carbocycles. The molecule has 7 nitrogen and oxygen atoms in total. The Morgan fingerprint density at radius 2 is 1.52 bits per heavy atom. The van der Waals surface area contributed by atoms with Crippen LogP contribution in [0.1, 0.15) is 32.7 Å². The zero-order valence-electron chi connectivity index (χ0n) is 15.7. The van der Waals surface area contributed by atoms with Crippen LogP contribution in [0.15, 0.2) is 66.9 Å². The topological polar surface area (TPSA) is 101 Å². The lowest BCUT2D eigenvalue weighted by molar-refractivity contribution is 0.0226. The van der Waals surface area contributed by atoms with Gasteiger partial charge in [0.05, 0.1) is 19.8 Å². The smallest absolute Gasteiger partial charge is 0.297 e. The van der Waals surface area contributed by atoms with Crippen LogP contribution in [0.5, 0.6) is 5.75 Å². The van der Waals surface area contributed by atoms with Crippen molar-refractivity contribution in [1.29, 1.82) is 0 Å². The molecule has 0 radical (unpaired) electrons. The summed E-state index contributed by atoms with van der Waals surface area (Å²) >= 11 is 0. The summed E-state index contributed by atoms with van der Waals surface area (Å²) in [4.78, 5) is 22.0. The zero-order valence-corrected chi connectivity index (χ0v) is 15.7. The number of ether oxygens (including phenoxy) is 1. The van der Waals surface area contributed by atoms with Gasteiger partial charge in [-0.2, -0.15) is 0 Å². The van der Waals surface area contributed by atoms with E-state index in [9.17, 15) is 15.0 Å². The van der Waals surface area contributed by atoms with Crippen LogP contribution in [0.2, 0.25) is 0 Å². The molecule has 0 unspecified atom stereocenters. The summed E-state index contributed by atoms with van der Waals surface area (Å²) in [7, 11) is 0. The molecule has 7 heteroatoms. The first-order valence-corrected chi connectivity index (χ1v) is 9.08. The number of aliphatic hydroxyl groups is 2. The number of hydrogen-bond donors (Lipinski definition) is 3. The van der Waals surface area contributed by atoms with Crippen LogP contribution in [0.25, 0.3) is 0 Å². The molecule has 0 saturated heterocycles. The summed E-state index contributed by atoms with van der Waals surface area (Å²) < 4.78 is 5.82. The summed E-state index contributed by atoms with van der Waals surface area (Å²) in [6.45, 7) is -0.380. The van der Waals surface area contributed by atoms with E-state index in [4.69, 9.17) is 9.57 Å². The minimum atomic E-state index is -0.608. The monoisotopic (exact) mass is 394 g/mol. The fourth-order valence-corrected chi connectivity index (χ4v) is 2.73. The maximum absolute atomic E-state index is 12.6. The number of hydrogen-bond acceptors (Lipinski definition) is 6. The summed E-state index contributed by atoms with van der Waals surface area (Å²) in [6.07, 6.45) is 1.34. The Morgan fingerprint density at radius 1 is 0.897 bits per heavy atom. The number of hydroxylamine groups is 1. The number of nitrogens with one attached hydrogen (secondary N) is 1. The Hall–Kier alpha value is -3.26. The van der Waals surface area contributed by atoms with Gasteiger partial charge in [-0.25, -0.2) is 10.5 Å². The van der Waals surface area contributed by atoms with Crippen LogP contribution >= 0.6 is 0 Å². The van der Waals surface area contributed by atoms with Gasteiger partial charge in [0.1, 0.15) is 6.61 Å². The highest BCUT2D eigenvalue weighted by Crippen LogP contribution is 2.27. The first-order chi connectivity index (χ1) is 14.2. The average Bonchev–Trinajstić information content (AvgIpc) is 2.78. The first kappa shape index (κ1) is 20.5. The van der Waals surface area contributed by atoms with Gasteiger partial charge in [-0.05, 0) is 11.1 Å². The normalized spacial score (nSPS) is 10.6. The van der Waals surface area contributed by atoms with Gasteiger partial charge < -0.3 is 14.9 Å². The van der Waals surface area contributed by atoms with Crippen molar-refractivity contribution in [2.45, 2.75) is 26.4 Å². The number of aliphatic hydroxyl groups excluding tert-OH is 2. The van der Waals surface area contributed by atoms with Gasteiger partial charge in [-0.1, -0.05) is 60.7 Å². The van der Waals surface area contributed by atoms with Crippen LogP contribution in [0.3, 0.4) is 0 Å². The van der Waals surface area contributed by atoms with Crippen LogP contribution in [-0.2, 0) is 31.3 Å². The Balaban J connectivity index is 1.77. The Labute approximate surface area is 168 Å². The third-order valence-corrected chi connectivity index (χ3v) is 4.24. The average molecular weight is 394 g/mol. The van der Waals surface area contributed by atoms with Crippen LogP contribution < -0.4 is 10.2 Å². The van der Waals surface area contributed by atoms with Crippen molar-refractivity contribution >= 4 is 5.91 Å². The highest BCUT2D eigenvalue weighted by atomic mass is 16.6. The number of rotatable bonds is 9. The van der Waals surface area contributed by atoms with Crippen molar-refractivity contribution in [1.82, 2.24) is 10.5 Å². The van der Waals surface area contributed by atoms with Gasteiger partial charge in [0.2, 0.25) is 0 Å². The molecule has 29 heavy (non-hydrogen) atoms. The van der Waals surface area contributed by atoms with Gasteiger partial charge in [-0.15, -0.1) is 0 Å². The van der Waals surface area contributed by atoms with Crippen molar-refractivity contribution < 1.29 is 24.6 Å². The van der Waals surface area contributed by atoms with Crippen molar-refractivity contribution in [3.63, 3.8) is 0 Å². The SMILES string of the molecule is O=C(NOCc1ccccc1)c1ncc(CO)c(CO)c1OCc1ccccc1. The van der Waals surface area contributed by atoms with E-state index in [1.807, 2.05) is 60.7 Å². The van der Waals surface area contributed by atoms with Crippen LogP contribution in [-0.4, -0.2) is 21.1 Å². The molecule has 1 aromatic heterocycles. The maximum Gasteiger partial charge on any atom is 0.297 e. The minimum absolute atomic E-state index is 0.0322. The van der Waals surface area contributed by atoms with Crippen LogP contribution in [0, 0.1) is 0 Å². The number of amides is 1. The molecule has 0 atom stereocenters. The molecule has 1 amide bonds. The third-order valence-electron chi connectivity index (χ3n) is 4.24.